The van der Waals surface area contributed by atoms with Gasteiger partial charge >= 0.3 is 6.18 Å². The van der Waals surface area contributed by atoms with E-state index < -0.39 is 11.7 Å². The lowest BCUT2D eigenvalue weighted by Gasteiger charge is -2.20. The smallest absolute Gasteiger partial charge is 0.339 e. The van der Waals surface area contributed by atoms with Gasteiger partial charge in [-0.1, -0.05) is 18.2 Å². The number of hydrogen-bond donors (Lipinski definition) is 1. The van der Waals surface area contributed by atoms with Gasteiger partial charge in [-0.05, 0) is 31.4 Å². The van der Waals surface area contributed by atoms with Gasteiger partial charge in [0.2, 0.25) is 5.91 Å². The fraction of sp³-hybridized carbons (Fsp3) is 0.533. The van der Waals surface area contributed by atoms with E-state index in [1.54, 1.807) is 6.07 Å². The van der Waals surface area contributed by atoms with Gasteiger partial charge in [0.15, 0.2) is 0 Å². The first kappa shape index (κ1) is 15.8. The largest absolute Gasteiger partial charge is 0.416 e. The number of nitrogens with zero attached hydrogens (tertiary/aromatic N) is 1. The number of nitrogens with one attached hydrogen (secondary N) is 1. The second-order valence-corrected chi connectivity index (χ2v) is 5.21. The fourth-order valence-electron chi connectivity index (χ4n) is 2.30. The molecule has 3 nitrogen and oxygen atoms in total. The first-order chi connectivity index (χ1) is 9.91. The van der Waals surface area contributed by atoms with E-state index in [0.29, 0.717) is 18.2 Å². The number of likely N-dealkylation sites (N-methyl/N-ethyl adjacent to an activating group) is 1. The van der Waals surface area contributed by atoms with E-state index in [1.807, 2.05) is 11.8 Å². The Labute approximate surface area is 122 Å². The molecule has 1 aliphatic carbocycles. The summed E-state index contributed by atoms with van der Waals surface area (Å²) in [5, 5.41) is 2.92. The molecule has 2 rings (SSSR count). The number of carbonyl (C=O) groups is 1. The fourth-order valence-corrected chi connectivity index (χ4v) is 2.30. The van der Waals surface area contributed by atoms with E-state index in [9.17, 15) is 18.0 Å². The highest BCUT2D eigenvalue weighted by Gasteiger charge is 2.31. The summed E-state index contributed by atoms with van der Waals surface area (Å²) in [6.45, 7) is 3.01. The zero-order valence-corrected chi connectivity index (χ0v) is 11.9. The van der Waals surface area contributed by atoms with Crippen molar-refractivity contribution in [2.45, 2.75) is 38.5 Å². The molecule has 0 radical (unpaired) electrons. The van der Waals surface area contributed by atoms with Crippen molar-refractivity contribution in [3.05, 3.63) is 35.4 Å². The maximum Gasteiger partial charge on any atom is 0.416 e. The standard InChI is InChI=1S/C15H19F3N2O/c1-2-20(13-6-7-13)14(21)10-19-9-11-4-3-5-12(8-11)15(16,17)18/h3-5,8,13,19H,2,6-7,9-10H2,1H3. The molecule has 1 aliphatic rings. The van der Waals surface area contributed by atoms with Crippen molar-refractivity contribution in [3.63, 3.8) is 0 Å². The average Bonchev–Trinajstić information content (AvgIpc) is 3.24. The Hall–Kier alpha value is -1.56. The molecule has 1 fully saturated rings. The molecule has 0 atom stereocenters. The minimum atomic E-state index is -4.34. The van der Waals surface area contributed by atoms with Crippen molar-refractivity contribution in [1.82, 2.24) is 10.2 Å². The van der Waals surface area contributed by atoms with Crippen LogP contribution in [-0.2, 0) is 17.5 Å². The molecule has 1 aromatic carbocycles. The van der Waals surface area contributed by atoms with Gasteiger partial charge in [0.05, 0.1) is 12.1 Å². The van der Waals surface area contributed by atoms with Gasteiger partial charge in [0.1, 0.15) is 0 Å². The Balaban J connectivity index is 1.84. The Kier molecular flexibility index (Phi) is 4.88. The van der Waals surface area contributed by atoms with Crippen LogP contribution in [0.3, 0.4) is 0 Å². The van der Waals surface area contributed by atoms with Crippen molar-refractivity contribution in [2.24, 2.45) is 0 Å². The van der Waals surface area contributed by atoms with Crippen LogP contribution in [0.25, 0.3) is 0 Å². The van der Waals surface area contributed by atoms with Gasteiger partial charge in [-0.25, -0.2) is 0 Å². The molecule has 0 heterocycles. The Bertz CT molecular complexity index is 498. The van der Waals surface area contributed by atoms with Crippen LogP contribution in [0.15, 0.2) is 24.3 Å². The van der Waals surface area contributed by atoms with Crippen LogP contribution in [-0.4, -0.2) is 29.9 Å². The van der Waals surface area contributed by atoms with Gasteiger partial charge < -0.3 is 10.2 Å². The summed E-state index contributed by atoms with van der Waals surface area (Å²) in [6, 6.07) is 5.50. The van der Waals surface area contributed by atoms with E-state index in [1.165, 1.54) is 6.07 Å². The molecule has 0 saturated heterocycles. The molecule has 1 N–H and O–H groups in total. The second kappa shape index (κ2) is 6.47. The predicted molar refractivity (Wildman–Crippen MR) is 73.6 cm³/mol. The molecule has 1 saturated carbocycles. The molecular formula is C15H19F3N2O. The monoisotopic (exact) mass is 300 g/mol. The molecule has 0 spiro atoms. The molecule has 21 heavy (non-hydrogen) atoms. The van der Waals surface area contributed by atoms with Crippen LogP contribution >= 0.6 is 0 Å². The summed E-state index contributed by atoms with van der Waals surface area (Å²) in [5.74, 6) is 0.00646. The van der Waals surface area contributed by atoms with Crippen LogP contribution in [0, 0.1) is 0 Å². The number of rotatable bonds is 6. The van der Waals surface area contributed by atoms with E-state index in [2.05, 4.69) is 5.32 Å². The third-order valence-corrected chi connectivity index (χ3v) is 3.51. The van der Waals surface area contributed by atoms with Gasteiger partial charge in [0.25, 0.3) is 0 Å². The summed E-state index contributed by atoms with van der Waals surface area (Å²) in [4.78, 5) is 13.8. The summed E-state index contributed by atoms with van der Waals surface area (Å²) in [6.07, 6.45) is -2.24. The van der Waals surface area contributed by atoms with Gasteiger partial charge in [-0.15, -0.1) is 0 Å². The summed E-state index contributed by atoms with van der Waals surface area (Å²) in [7, 11) is 0. The van der Waals surface area contributed by atoms with Gasteiger partial charge in [-0.3, -0.25) is 4.79 Å². The lowest BCUT2D eigenvalue weighted by atomic mass is 10.1. The van der Waals surface area contributed by atoms with Crippen LogP contribution < -0.4 is 5.32 Å². The minimum Gasteiger partial charge on any atom is -0.339 e. The summed E-state index contributed by atoms with van der Waals surface area (Å²) in [5.41, 5.74) is -0.145. The number of carbonyl (C=O) groups excluding carboxylic acids is 1. The maximum atomic E-state index is 12.6. The van der Waals surface area contributed by atoms with Crippen molar-refractivity contribution >= 4 is 5.91 Å². The third kappa shape index (κ3) is 4.46. The molecule has 1 amide bonds. The van der Waals surface area contributed by atoms with Crippen molar-refractivity contribution in [2.75, 3.05) is 13.1 Å². The molecule has 0 unspecified atom stereocenters. The SMILES string of the molecule is CCN(C(=O)CNCc1cccc(C(F)(F)F)c1)C1CC1. The van der Waals surface area contributed by atoms with E-state index in [-0.39, 0.29) is 19.0 Å². The molecule has 0 bridgehead atoms. The maximum absolute atomic E-state index is 12.6. The highest BCUT2D eigenvalue weighted by molar-refractivity contribution is 5.78. The van der Waals surface area contributed by atoms with Crippen molar-refractivity contribution in [3.8, 4) is 0 Å². The zero-order chi connectivity index (χ0) is 15.5. The van der Waals surface area contributed by atoms with Crippen LogP contribution in [0.4, 0.5) is 13.2 Å². The lowest BCUT2D eigenvalue weighted by molar-refractivity contribution is -0.137. The Morgan fingerprint density at radius 2 is 2.10 bits per heavy atom. The van der Waals surface area contributed by atoms with Crippen LogP contribution in [0.2, 0.25) is 0 Å². The second-order valence-electron chi connectivity index (χ2n) is 5.21. The molecule has 6 heteroatoms. The number of benzene rings is 1. The number of amides is 1. The first-order valence-corrected chi connectivity index (χ1v) is 7.08. The molecule has 0 aromatic heterocycles. The highest BCUT2D eigenvalue weighted by Crippen LogP contribution is 2.29. The number of halogens is 3. The summed E-state index contributed by atoms with van der Waals surface area (Å²) < 4.78 is 37.8. The van der Waals surface area contributed by atoms with Crippen molar-refractivity contribution in [1.29, 1.82) is 0 Å². The minimum absolute atomic E-state index is 0.00646. The number of alkyl halides is 3. The summed E-state index contributed by atoms with van der Waals surface area (Å²) >= 11 is 0. The Morgan fingerprint density at radius 1 is 1.38 bits per heavy atom. The van der Waals surface area contributed by atoms with E-state index in [0.717, 1.165) is 25.0 Å². The normalized spacial score (nSPS) is 15.0. The third-order valence-electron chi connectivity index (χ3n) is 3.51. The van der Waals surface area contributed by atoms with Crippen LogP contribution in [0.5, 0.6) is 0 Å². The molecule has 0 aliphatic heterocycles. The van der Waals surface area contributed by atoms with E-state index in [4.69, 9.17) is 0 Å². The van der Waals surface area contributed by atoms with Crippen molar-refractivity contribution < 1.29 is 18.0 Å². The Morgan fingerprint density at radius 3 is 2.67 bits per heavy atom. The molecule has 116 valence electrons. The van der Waals surface area contributed by atoms with Gasteiger partial charge in [-0.2, -0.15) is 13.2 Å². The zero-order valence-electron chi connectivity index (χ0n) is 11.9. The van der Waals surface area contributed by atoms with Gasteiger partial charge in [0, 0.05) is 19.1 Å². The van der Waals surface area contributed by atoms with Crippen LogP contribution in [0.1, 0.15) is 30.9 Å². The van der Waals surface area contributed by atoms with E-state index >= 15 is 0 Å². The quantitative estimate of drug-likeness (QED) is 0.876. The molecule has 1 aromatic rings. The highest BCUT2D eigenvalue weighted by atomic mass is 19.4. The topological polar surface area (TPSA) is 32.3 Å². The molecular weight excluding hydrogens is 281 g/mol. The number of hydrogen-bond acceptors (Lipinski definition) is 2. The lowest BCUT2D eigenvalue weighted by Crippen LogP contribution is -2.39. The predicted octanol–water partition coefficient (Wildman–Crippen LogP) is 2.81. The first-order valence-electron chi connectivity index (χ1n) is 7.08. The average molecular weight is 300 g/mol.